The van der Waals surface area contributed by atoms with Gasteiger partial charge < -0.3 is 14.5 Å². The fourth-order valence-corrected chi connectivity index (χ4v) is 6.31. The van der Waals surface area contributed by atoms with Gasteiger partial charge in [-0.1, -0.05) is 6.07 Å². The van der Waals surface area contributed by atoms with E-state index in [0.29, 0.717) is 18.1 Å². The van der Waals surface area contributed by atoms with E-state index in [4.69, 9.17) is 9.15 Å². The molecule has 28 heavy (non-hydrogen) atoms. The number of hydrogen-bond acceptors (Lipinski definition) is 3. The van der Waals surface area contributed by atoms with Crippen molar-refractivity contribution in [1.82, 2.24) is 5.32 Å². The maximum Gasteiger partial charge on any atom is 0.287 e. The molecule has 0 saturated heterocycles. The van der Waals surface area contributed by atoms with Crippen molar-refractivity contribution in [3.8, 4) is 5.75 Å². The Bertz CT molecular complexity index is 841. The maximum absolute atomic E-state index is 12.9. The molecule has 0 radical (unpaired) electrons. The number of aryl methyl sites for hydroxylation is 2. The van der Waals surface area contributed by atoms with E-state index in [1.165, 1.54) is 30.4 Å². The highest BCUT2D eigenvalue weighted by Gasteiger charge is 2.51. The number of ether oxygens (including phenoxy) is 1. The van der Waals surface area contributed by atoms with E-state index in [1.54, 1.807) is 6.07 Å². The Morgan fingerprint density at radius 3 is 2.25 bits per heavy atom. The molecule has 4 heteroatoms. The Hall–Kier alpha value is -2.23. The summed E-state index contributed by atoms with van der Waals surface area (Å²) in [5.41, 5.74) is 2.35. The van der Waals surface area contributed by atoms with Gasteiger partial charge >= 0.3 is 0 Å². The van der Waals surface area contributed by atoms with Crippen molar-refractivity contribution in [1.29, 1.82) is 0 Å². The number of amides is 1. The third kappa shape index (κ3) is 3.45. The third-order valence-corrected chi connectivity index (χ3v) is 6.88. The summed E-state index contributed by atoms with van der Waals surface area (Å²) in [6.07, 6.45) is 7.55. The summed E-state index contributed by atoms with van der Waals surface area (Å²) in [6.45, 7) is 4.44. The van der Waals surface area contributed by atoms with Crippen LogP contribution >= 0.6 is 0 Å². The highest BCUT2D eigenvalue weighted by molar-refractivity contribution is 5.92. The monoisotopic (exact) mass is 379 g/mol. The van der Waals surface area contributed by atoms with Crippen LogP contribution in [0.5, 0.6) is 5.75 Å². The van der Waals surface area contributed by atoms with E-state index in [2.05, 4.69) is 25.2 Å². The van der Waals surface area contributed by atoms with Gasteiger partial charge in [0.15, 0.2) is 5.76 Å². The summed E-state index contributed by atoms with van der Waals surface area (Å²) >= 11 is 0. The molecule has 1 N–H and O–H groups in total. The van der Waals surface area contributed by atoms with Gasteiger partial charge in [0, 0.05) is 5.54 Å². The van der Waals surface area contributed by atoms with Crippen molar-refractivity contribution >= 4 is 5.91 Å². The fraction of sp³-hybridized carbons (Fsp3) is 0.542. The third-order valence-electron chi connectivity index (χ3n) is 6.88. The Balaban J connectivity index is 1.23. The van der Waals surface area contributed by atoms with Gasteiger partial charge in [-0.3, -0.25) is 4.79 Å². The summed E-state index contributed by atoms with van der Waals surface area (Å²) in [6, 6.07) is 9.76. The smallest absolute Gasteiger partial charge is 0.287 e. The summed E-state index contributed by atoms with van der Waals surface area (Å²) < 4.78 is 11.7. The number of hydrogen-bond donors (Lipinski definition) is 1. The zero-order valence-corrected chi connectivity index (χ0v) is 16.8. The first kappa shape index (κ1) is 17.8. The molecule has 1 heterocycles. The zero-order chi connectivity index (χ0) is 19.3. The Morgan fingerprint density at radius 1 is 1.04 bits per heavy atom. The lowest BCUT2D eigenvalue weighted by atomic mass is 9.53. The van der Waals surface area contributed by atoms with Crippen LogP contribution in [0.4, 0.5) is 0 Å². The van der Waals surface area contributed by atoms with Crippen molar-refractivity contribution in [2.75, 3.05) is 0 Å². The molecule has 0 aliphatic heterocycles. The molecular weight excluding hydrogens is 350 g/mol. The van der Waals surface area contributed by atoms with Crippen LogP contribution in [0.1, 0.15) is 66.0 Å². The quantitative estimate of drug-likeness (QED) is 0.779. The fourth-order valence-electron chi connectivity index (χ4n) is 6.31. The second-order valence-corrected chi connectivity index (χ2v) is 9.53. The van der Waals surface area contributed by atoms with Crippen LogP contribution < -0.4 is 10.1 Å². The van der Waals surface area contributed by atoms with Crippen LogP contribution in [0, 0.1) is 31.6 Å². The molecule has 0 unspecified atom stereocenters. The lowest BCUT2D eigenvalue weighted by Gasteiger charge is -2.56. The molecule has 4 fully saturated rings. The van der Waals surface area contributed by atoms with E-state index in [-0.39, 0.29) is 11.4 Å². The molecule has 2 aromatic rings. The Morgan fingerprint density at radius 2 is 1.64 bits per heavy atom. The average molecular weight is 380 g/mol. The van der Waals surface area contributed by atoms with Gasteiger partial charge in [-0.15, -0.1) is 0 Å². The van der Waals surface area contributed by atoms with E-state index in [0.717, 1.165) is 42.8 Å². The first-order chi connectivity index (χ1) is 13.5. The first-order valence-electron chi connectivity index (χ1n) is 10.6. The number of furan rings is 1. The first-order valence-corrected chi connectivity index (χ1v) is 10.6. The molecule has 0 atom stereocenters. The summed E-state index contributed by atoms with van der Waals surface area (Å²) in [7, 11) is 0. The van der Waals surface area contributed by atoms with E-state index in [1.807, 2.05) is 18.2 Å². The molecule has 4 nitrogen and oxygen atoms in total. The molecule has 4 aliphatic carbocycles. The van der Waals surface area contributed by atoms with E-state index < -0.39 is 0 Å². The van der Waals surface area contributed by atoms with Gasteiger partial charge in [-0.05, 0) is 106 Å². The highest BCUT2D eigenvalue weighted by atomic mass is 16.5. The SMILES string of the molecule is Cc1cc(C)cc(OCc2ccc(C(=O)NC34CC5CC(CC(C5)C3)C4)o2)c1. The number of carbonyl (C=O) groups excluding carboxylic acids is 1. The van der Waals surface area contributed by atoms with Crippen molar-refractivity contribution < 1.29 is 13.9 Å². The van der Waals surface area contributed by atoms with Gasteiger partial charge in [-0.2, -0.15) is 0 Å². The molecule has 148 valence electrons. The molecule has 1 aromatic carbocycles. The Labute approximate surface area is 166 Å². The predicted octanol–water partition coefficient (Wildman–Crippen LogP) is 5.17. The van der Waals surface area contributed by atoms with Crippen LogP contribution in [0.25, 0.3) is 0 Å². The summed E-state index contributed by atoms with van der Waals surface area (Å²) in [5, 5.41) is 3.37. The predicted molar refractivity (Wildman–Crippen MR) is 107 cm³/mol. The minimum atomic E-state index is -0.0698. The lowest BCUT2D eigenvalue weighted by molar-refractivity contribution is -0.0171. The minimum Gasteiger partial charge on any atom is -0.486 e. The summed E-state index contributed by atoms with van der Waals surface area (Å²) in [5.74, 6) is 4.26. The standard InChI is InChI=1S/C24H29NO3/c1-15-5-16(2)7-21(6-15)27-14-20-3-4-22(28-20)23(26)25-24-11-17-8-18(12-24)10-19(9-17)13-24/h3-7,17-19H,8-14H2,1-2H3,(H,25,26). The number of carbonyl (C=O) groups is 1. The minimum absolute atomic E-state index is 0.00831. The molecular formula is C24H29NO3. The van der Waals surface area contributed by atoms with Crippen LogP contribution in [-0.4, -0.2) is 11.4 Å². The van der Waals surface area contributed by atoms with Gasteiger partial charge in [0.1, 0.15) is 18.1 Å². The molecule has 4 bridgehead atoms. The van der Waals surface area contributed by atoms with E-state index in [9.17, 15) is 4.79 Å². The van der Waals surface area contributed by atoms with Crippen LogP contribution in [-0.2, 0) is 6.61 Å². The number of nitrogens with one attached hydrogen (secondary N) is 1. The van der Waals surface area contributed by atoms with Crippen molar-refractivity contribution in [2.45, 2.75) is 64.5 Å². The normalized spacial score (nSPS) is 30.4. The zero-order valence-electron chi connectivity index (χ0n) is 16.8. The van der Waals surface area contributed by atoms with Crippen LogP contribution in [0.15, 0.2) is 34.7 Å². The molecule has 1 amide bonds. The summed E-state index contributed by atoms with van der Waals surface area (Å²) in [4.78, 5) is 12.9. The molecule has 1 aromatic heterocycles. The van der Waals surface area contributed by atoms with Crippen LogP contribution in [0.3, 0.4) is 0 Å². The van der Waals surface area contributed by atoms with Gasteiger partial charge in [0.2, 0.25) is 0 Å². The molecule has 4 saturated carbocycles. The average Bonchev–Trinajstić information content (AvgIpc) is 3.07. The maximum atomic E-state index is 12.9. The molecule has 0 spiro atoms. The van der Waals surface area contributed by atoms with Gasteiger partial charge in [-0.25, -0.2) is 0 Å². The highest BCUT2D eigenvalue weighted by Crippen LogP contribution is 2.55. The number of rotatable bonds is 5. The van der Waals surface area contributed by atoms with Gasteiger partial charge in [0.05, 0.1) is 0 Å². The van der Waals surface area contributed by atoms with E-state index >= 15 is 0 Å². The van der Waals surface area contributed by atoms with Crippen molar-refractivity contribution in [3.63, 3.8) is 0 Å². The second kappa shape index (κ2) is 6.68. The lowest BCUT2D eigenvalue weighted by Crippen LogP contribution is -2.59. The molecule has 6 rings (SSSR count). The van der Waals surface area contributed by atoms with Gasteiger partial charge in [0.25, 0.3) is 5.91 Å². The topological polar surface area (TPSA) is 51.5 Å². The Kier molecular flexibility index (Phi) is 4.26. The van der Waals surface area contributed by atoms with Crippen molar-refractivity contribution in [2.24, 2.45) is 17.8 Å². The molecule has 4 aliphatic rings. The van der Waals surface area contributed by atoms with Crippen molar-refractivity contribution in [3.05, 3.63) is 53.0 Å². The van der Waals surface area contributed by atoms with Crippen LogP contribution in [0.2, 0.25) is 0 Å². The number of benzene rings is 1. The largest absolute Gasteiger partial charge is 0.486 e. The second-order valence-electron chi connectivity index (χ2n) is 9.53.